The van der Waals surface area contributed by atoms with Gasteiger partial charge in [0.25, 0.3) is 0 Å². The summed E-state index contributed by atoms with van der Waals surface area (Å²) in [6, 6.07) is 7.47. The first-order valence-corrected chi connectivity index (χ1v) is 4.41. The standard InChI is InChI=1S/C12H14O2/c1-12(2,13)9-8-10-6-4-5-7-11(10)14-3/h4-7,13H,1-3H3. The minimum absolute atomic E-state index is 0.726. The van der Waals surface area contributed by atoms with E-state index in [0.717, 1.165) is 11.3 Å². The number of benzene rings is 1. The molecule has 0 heterocycles. The maximum absolute atomic E-state index is 9.43. The van der Waals surface area contributed by atoms with Gasteiger partial charge >= 0.3 is 0 Å². The Morgan fingerprint density at radius 3 is 2.50 bits per heavy atom. The molecule has 0 radical (unpaired) electrons. The molecule has 1 N–H and O–H groups in total. The fourth-order valence-corrected chi connectivity index (χ4v) is 0.968. The number of hydrogen-bond acceptors (Lipinski definition) is 2. The van der Waals surface area contributed by atoms with Crippen LogP contribution in [0.2, 0.25) is 0 Å². The van der Waals surface area contributed by atoms with Crippen LogP contribution in [0.4, 0.5) is 0 Å². The Hall–Kier alpha value is -1.46. The summed E-state index contributed by atoms with van der Waals surface area (Å²) in [4.78, 5) is 0. The van der Waals surface area contributed by atoms with Crippen molar-refractivity contribution < 1.29 is 9.84 Å². The SMILES string of the molecule is COc1ccccc1C#CC(C)(C)O. The van der Waals surface area contributed by atoms with E-state index in [2.05, 4.69) is 11.8 Å². The van der Waals surface area contributed by atoms with Crippen molar-refractivity contribution in [1.82, 2.24) is 0 Å². The van der Waals surface area contributed by atoms with Crippen molar-refractivity contribution in [3.05, 3.63) is 29.8 Å². The van der Waals surface area contributed by atoms with Gasteiger partial charge in [0.05, 0.1) is 12.7 Å². The van der Waals surface area contributed by atoms with E-state index in [-0.39, 0.29) is 0 Å². The Balaban J connectivity index is 3.00. The van der Waals surface area contributed by atoms with Crippen LogP contribution in [0.1, 0.15) is 19.4 Å². The lowest BCUT2D eigenvalue weighted by molar-refractivity contribution is 0.143. The molecule has 0 aliphatic rings. The molecule has 0 aliphatic heterocycles. The number of methoxy groups -OCH3 is 1. The number of ether oxygens (including phenoxy) is 1. The normalized spacial score (nSPS) is 10.3. The fraction of sp³-hybridized carbons (Fsp3) is 0.333. The van der Waals surface area contributed by atoms with Crippen molar-refractivity contribution in [2.75, 3.05) is 7.11 Å². The van der Waals surface area contributed by atoms with Crippen LogP contribution in [0.5, 0.6) is 5.75 Å². The lowest BCUT2D eigenvalue weighted by Gasteiger charge is -2.07. The second-order valence-electron chi connectivity index (χ2n) is 3.51. The molecule has 0 unspecified atom stereocenters. The molecule has 0 fully saturated rings. The van der Waals surface area contributed by atoms with Crippen molar-refractivity contribution >= 4 is 0 Å². The molecule has 2 nitrogen and oxygen atoms in total. The Morgan fingerprint density at radius 1 is 1.29 bits per heavy atom. The summed E-state index contributed by atoms with van der Waals surface area (Å²) in [5, 5.41) is 9.43. The summed E-state index contributed by atoms with van der Waals surface area (Å²) in [7, 11) is 1.60. The first-order chi connectivity index (χ1) is 6.53. The van der Waals surface area contributed by atoms with E-state index in [1.807, 2.05) is 24.3 Å². The van der Waals surface area contributed by atoms with Gasteiger partial charge in [-0.2, -0.15) is 0 Å². The highest BCUT2D eigenvalue weighted by Crippen LogP contribution is 2.15. The zero-order chi connectivity index (χ0) is 10.6. The van der Waals surface area contributed by atoms with Gasteiger partial charge in [-0.25, -0.2) is 0 Å². The van der Waals surface area contributed by atoms with Crippen molar-refractivity contribution in [3.63, 3.8) is 0 Å². The van der Waals surface area contributed by atoms with Crippen LogP contribution in [-0.2, 0) is 0 Å². The van der Waals surface area contributed by atoms with Crippen molar-refractivity contribution in [1.29, 1.82) is 0 Å². The maximum atomic E-state index is 9.43. The predicted octanol–water partition coefficient (Wildman–Crippen LogP) is 1.82. The number of hydrogen-bond donors (Lipinski definition) is 1. The molecular formula is C12H14O2. The Bertz CT molecular complexity index is 364. The fourth-order valence-electron chi connectivity index (χ4n) is 0.968. The topological polar surface area (TPSA) is 29.5 Å². The molecule has 1 aromatic rings. The van der Waals surface area contributed by atoms with Crippen LogP contribution in [0, 0.1) is 11.8 Å². The second-order valence-corrected chi connectivity index (χ2v) is 3.51. The van der Waals surface area contributed by atoms with Gasteiger partial charge in [-0.3, -0.25) is 0 Å². The summed E-state index contributed by atoms with van der Waals surface area (Å²) in [5.74, 6) is 6.34. The molecule has 0 aliphatic carbocycles. The average molecular weight is 190 g/mol. The first-order valence-electron chi connectivity index (χ1n) is 4.41. The highest BCUT2D eigenvalue weighted by Gasteiger charge is 2.06. The minimum atomic E-state index is -0.971. The van der Waals surface area contributed by atoms with Gasteiger partial charge in [-0.05, 0) is 26.0 Å². The quantitative estimate of drug-likeness (QED) is 0.684. The van der Waals surface area contributed by atoms with Crippen molar-refractivity contribution in [3.8, 4) is 17.6 Å². The molecule has 14 heavy (non-hydrogen) atoms. The van der Waals surface area contributed by atoms with Crippen LogP contribution in [0.25, 0.3) is 0 Å². The highest BCUT2D eigenvalue weighted by atomic mass is 16.5. The summed E-state index contributed by atoms with van der Waals surface area (Å²) in [5.41, 5.74) is -0.182. The molecule has 0 saturated heterocycles. The van der Waals surface area contributed by atoms with Crippen molar-refractivity contribution in [2.45, 2.75) is 19.4 Å². The van der Waals surface area contributed by atoms with Gasteiger partial charge < -0.3 is 9.84 Å². The predicted molar refractivity (Wildman–Crippen MR) is 56.2 cm³/mol. The Morgan fingerprint density at radius 2 is 1.93 bits per heavy atom. The first kappa shape index (κ1) is 10.6. The van der Waals surface area contributed by atoms with Gasteiger partial charge in [0, 0.05) is 0 Å². The Labute approximate surface area is 84.5 Å². The third-order valence-corrected chi connectivity index (χ3v) is 1.61. The molecular weight excluding hydrogens is 176 g/mol. The van der Waals surface area contributed by atoms with Gasteiger partial charge in [-0.15, -0.1) is 0 Å². The lowest BCUT2D eigenvalue weighted by atomic mass is 10.1. The molecule has 2 heteroatoms. The molecule has 0 saturated carbocycles. The van der Waals surface area contributed by atoms with E-state index in [4.69, 9.17) is 4.74 Å². The smallest absolute Gasteiger partial charge is 0.134 e. The third-order valence-electron chi connectivity index (χ3n) is 1.61. The number of para-hydroxylation sites is 1. The van der Waals surface area contributed by atoms with E-state index < -0.39 is 5.60 Å². The summed E-state index contributed by atoms with van der Waals surface area (Å²) >= 11 is 0. The van der Waals surface area contributed by atoms with E-state index >= 15 is 0 Å². The Kier molecular flexibility index (Phi) is 3.16. The van der Waals surface area contributed by atoms with E-state index in [1.165, 1.54) is 0 Å². The molecule has 1 aromatic carbocycles. The summed E-state index contributed by atoms with van der Waals surface area (Å²) in [6.45, 7) is 3.30. The third kappa shape index (κ3) is 3.12. The molecule has 0 atom stereocenters. The minimum Gasteiger partial charge on any atom is -0.495 e. The maximum Gasteiger partial charge on any atom is 0.134 e. The van der Waals surface area contributed by atoms with Crippen LogP contribution >= 0.6 is 0 Å². The van der Waals surface area contributed by atoms with Gasteiger partial charge in [0.1, 0.15) is 11.4 Å². The average Bonchev–Trinajstić information content (AvgIpc) is 2.14. The molecule has 0 spiro atoms. The number of rotatable bonds is 1. The molecule has 0 aromatic heterocycles. The van der Waals surface area contributed by atoms with Crippen molar-refractivity contribution in [2.24, 2.45) is 0 Å². The molecule has 74 valence electrons. The lowest BCUT2D eigenvalue weighted by Crippen LogP contribution is -2.14. The van der Waals surface area contributed by atoms with E-state index in [9.17, 15) is 5.11 Å². The van der Waals surface area contributed by atoms with Gasteiger partial charge in [0.15, 0.2) is 0 Å². The zero-order valence-corrected chi connectivity index (χ0v) is 8.66. The van der Waals surface area contributed by atoms with Crippen LogP contribution in [0.15, 0.2) is 24.3 Å². The number of aliphatic hydroxyl groups is 1. The largest absolute Gasteiger partial charge is 0.495 e. The van der Waals surface area contributed by atoms with Gasteiger partial charge in [0.2, 0.25) is 0 Å². The van der Waals surface area contributed by atoms with Crippen LogP contribution in [-0.4, -0.2) is 17.8 Å². The molecule has 0 bridgehead atoms. The molecule has 0 amide bonds. The van der Waals surface area contributed by atoms with E-state index in [1.54, 1.807) is 21.0 Å². The summed E-state index contributed by atoms with van der Waals surface area (Å²) in [6.07, 6.45) is 0. The van der Waals surface area contributed by atoms with Gasteiger partial charge in [-0.1, -0.05) is 24.0 Å². The van der Waals surface area contributed by atoms with Crippen LogP contribution < -0.4 is 4.74 Å². The zero-order valence-electron chi connectivity index (χ0n) is 8.66. The monoisotopic (exact) mass is 190 g/mol. The molecule has 1 rings (SSSR count). The summed E-state index contributed by atoms with van der Waals surface area (Å²) < 4.78 is 5.13. The van der Waals surface area contributed by atoms with Crippen LogP contribution in [0.3, 0.4) is 0 Å². The van der Waals surface area contributed by atoms with E-state index in [0.29, 0.717) is 0 Å². The highest BCUT2D eigenvalue weighted by molar-refractivity contribution is 5.46. The second kappa shape index (κ2) is 4.17.